The molecule has 1 aromatic rings. The van der Waals surface area contributed by atoms with Gasteiger partial charge in [0.2, 0.25) is 0 Å². The van der Waals surface area contributed by atoms with Crippen molar-refractivity contribution in [1.82, 2.24) is 15.1 Å². The minimum absolute atomic E-state index is 0. The van der Waals surface area contributed by atoms with Crippen LogP contribution >= 0.6 is 24.0 Å². The van der Waals surface area contributed by atoms with Gasteiger partial charge in [-0.15, -0.1) is 24.0 Å². The lowest BCUT2D eigenvalue weighted by Gasteiger charge is -2.35. The molecule has 1 saturated heterocycles. The summed E-state index contributed by atoms with van der Waals surface area (Å²) in [5.41, 5.74) is 2.63. The topological polar surface area (TPSA) is 49.3 Å². The molecule has 1 aromatic carbocycles. The molecule has 0 aliphatic carbocycles. The van der Waals surface area contributed by atoms with Crippen molar-refractivity contribution in [2.45, 2.75) is 39.2 Å². The molecule has 0 saturated carbocycles. The number of hydrogen-bond donors (Lipinski definition) is 1. The molecular formula is C22H37IN4O2. The van der Waals surface area contributed by atoms with Crippen molar-refractivity contribution < 1.29 is 9.47 Å². The molecule has 2 aliphatic rings. The van der Waals surface area contributed by atoms with Crippen LogP contribution in [-0.2, 0) is 13.0 Å². The van der Waals surface area contributed by atoms with Gasteiger partial charge in [-0.05, 0) is 74.5 Å². The van der Waals surface area contributed by atoms with Crippen LogP contribution in [0.4, 0.5) is 0 Å². The molecule has 2 heterocycles. The quantitative estimate of drug-likeness (QED) is 0.357. The van der Waals surface area contributed by atoms with Gasteiger partial charge in [-0.3, -0.25) is 4.99 Å². The summed E-state index contributed by atoms with van der Waals surface area (Å²) in [5, 5.41) is 3.64. The first-order valence-corrected chi connectivity index (χ1v) is 10.6. The molecule has 6 nitrogen and oxygen atoms in total. The van der Waals surface area contributed by atoms with Crippen LogP contribution < -0.4 is 14.8 Å². The van der Waals surface area contributed by atoms with Crippen molar-refractivity contribution in [2.75, 3.05) is 54.0 Å². The van der Waals surface area contributed by atoms with Crippen LogP contribution in [0.15, 0.2) is 17.1 Å². The second-order valence-corrected chi connectivity index (χ2v) is 7.86. The fourth-order valence-electron chi connectivity index (χ4n) is 4.36. The molecular weight excluding hydrogens is 479 g/mol. The summed E-state index contributed by atoms with van der Waals surface area (Å²) in [6.45, 7) is 8.81. The van der Waals surface area contributed by atoms with Crippen LogP contribution in [0.25, 0.3) is 0 Å². The predicted octanol–water partition coefficient (Wildman–Crippen LogP) is 3.38. The fraction of sp³-hybridized carbons (Fsp3) is 0.682. The van der Waals surface area contributed by atoms with Crippen molar-refractivity contribution in [2.24, 2.45) is 10.9 Å². The summed E-state index contributed by atoms with van der Waals surface area (Å²) in [6.07, 6.45) is 4.81. The van der Waals surface area contributed by atoms with Gasteiger partial charge in [0.25, 0.3) is 0 Å². The zero-order valence-electron chi connectivity index (χ0n) is 18.4. The molecule has 0 atom stereocenters. The van der Waals surface area contributed by atoms with Crippen molar-refractivity contribution in [1.29, 1.82) is 0 Å². The highest BCUT2D eigenvalue weighted by atomic mass is 127. The summed E-state index contributed by atoms with van der Waals surface area (Å²) in [5.74, 6) is 3.36. The number of nitrogens with one attached hydrogen (secondary N) is 1. The first-order chi connectivity index (χ1) is 13.7. The lowest BCUT2D eigenvalue weighted by molar-refractivity contribution is 0.184. The highest BCUT2D eigenvalue weighted by Crippen LogP contribution is 2.33. The van der Waals surface area contributed by atoms with Crippen LogP contribution in [0.3, 0.4) is 0 Å². The van der Waals surface area contributed by atoms with E-state index in [4.69, 9.17) is 9.47 Å². The molecule has 0 unspecified atom stereocenters. The van der Waals surface area contributed by atoms with E-state index < -0.39 is 0 Å². The zero-order chi connectivity index (χ0) is 19.9. The molecule has 0 bridgehead atoms. The van der Waals surface area contributed by atoms with Crippen LogP contribution in [-0.4, -0.2) is 69.8 Å². The van der Waals surface area contributed by atoms with Gasteiger partial charge in [-0.25, -0.2) is 0 Å². The average molecular weight is 516 g/mol. The molecule has 0 amide bonds. The Hall–Kier alpha value is -1.22. The number of guanidine groups is 1. The third kappa shape index (κ3) is 6.13. The Balaban J connectivity index is 0.00000300. The summed E-state index contributed by atoms with van der Waals surface area (Å²) in [7, 11) is 5.27. The number of nitrogens with zero attached hydrogens (tertiary/aromatic N) is 3. The Labute approximate surface area is 193 Å². The second kappa shape index (κ2) is 11.8. The SMILES string of the molecule is CCCN1CCC(CNC(=NC)N2CCc3cc(OC)c(OC)cc3C2)CC1.I. The molecule has 2 aliphatic heterocycles. The monoisotopic (exact) mass is 516 g/mol. The van der Waals surface area contributed by atoms with E-state index in [1.54, 1.807) is 14.2 Å². The van der Waals surface area contributed by atoms with Gasteiger partial charge in [0, 0.05) is 26.7 Å². The Morgan fingerprint density at radius 2 is 1.76 bits per heavy atom. The van der Waals surface area contributed by atoms with Crippen LogP contribution in [0, 0.1) is 5.92 Å². The van der Waals surface area contributed by atoms with Gasteiger partial charge >= 0.3 is 0 Å². The van der Waals surface area contributed by atoms with E-state index in [1.807, 2.05) is 7.05 Å². The van der Waals surface area contributed by atoms with E-state index in [-0.39, 0.29) is 24.0 Å². The van der Waals surface area contributed by atoms with Gasteiger partial charge in [0.15, 0.2) is 17.5 Å². The smallest absolute Gasteiger partial charge is 0.193 e. The van der Waals surface area contributed by atoms with E-state index in [0.717, 1.165) is 49.4 Å². The Bertz CT molecular complexity index is 675. The molecule has 7 heteroatoms. The van der Waals surface area contributed by atoms with E-state index in [2.05, 4.69) is 39.2 Å². The van der Waals surface area contributed by atoms with Crippen molar-refractivity contribution in [3.63, 3.8) is 0 Å². The molecule has 164 valence electrons. The van der Waals surface area contributed by atoms with E-state index in [1.165, 1.54) is 50.0 Å². The number of rotatable bonds is 6. The van der Waals surface area contributed by atoms with Crippen molar-refractivity contribution in [3.05, 3.63) is 23.3 Å². The Kier molecular flexibility index (Phi) is 9.82. The van der Waals surface area contributed by atoms with E-state index in [0.29, 0.717) is 0 Å². The summed E-state index contributed by atoms with van der Waals surface area (Å²) in [6, 6.07) is 4.23. The third-order valence-electron chi connectivity index (χ3n) is 6.03. The number of halogens is 1. The fourth-order valence-corrected chi connectivity index (χ4v) is 4.36. The molecule has 0 spiro atoms. The van der Waals surface area contributed by atoms with Crippen molar-refractivity contribution >= 4 is 29.9 Å². The second-order valence-electron chi connectivity index (χ2n) is 7.86. The summed E-state index contributed by atoms with van der Waals surface area (Å²) >= 11 is 0. The first-order valence-electron chi connectivity index (χ1n) is 10.6. The number of benzene rings is 1. The number of piperidine rings is 1. The summed E-state index contributed by atoms with van der Waals surface area (Å²) in [4.78, 5) is 9.49. The molecule has 3 rings (SSSR count). The third-order valence-corrected chi connectivity index (χ3v) is 6.03. The molecule has 0 aromatic heterocycles. The lowest BCUT2D eigenvalue weighted by atomic mass is 9.96. The maximum atomic E-state index is 5.48. The van der Waals surface area contributed by atoms with Gasteiger partial charge in [-0.2, -0.15) is 0 Å². The maximum Gasteiger partial charge on any atom is 0.193 e. The number of hydrogen-bond acceptors (Lipinski definition) is 4. The highest BCUT2D eigenvalue weighted by molar-refractivity contribution is 14.0. The number of likely N-dealkylation sites (tertiary alicyclic amines) is 1. The van der Waals surface area contributed by atoms with Gasteiger partial charge in [0.05, 0.1) is 14.2 Å². The summed E-state index contributed by atoms with van der Waals surface area (Å²) < 4.78 is 10.9. The molecule has 0 radical (unpaired) electrons. The van der Waals surface area contributed by atoms with Gasteiger partial charge in [-0.1, -0.05) is 6.92 Å². The van der Waals surface area contributed by atoms with Crippen LogP contribution in [0.1, 0.15) is 37.3 Å². The zero-order valence-corrected chi connectivity index (χ0v) is 20.7. The van der Waals surface area contributed by atoms with E-state index in [9.17, 15) is 0 Å². The molecule has 1 N–H and O–H groups in total. The van der Waals surface area contributed by atoms with Crippen LogP contribution in [0.5, 0.6) is 11.5 Å². The Morgan fingerprint density at radius 1 is 1.10 bits per heavy atom. The first kappa shape index (κ1) is 24.1. The van der Waals surface area contributed by atoms with Crippen LogP contribution in [0.2, 0.25) is 0 Å². The number of ether oxygens (including phenoxy) is 2. The minimum Gasteiger partial charge on any atom is -0.493 e. The average Bonchev–Trinajstić information content (AvgIpc) is 2.74. The number of fused-ring (bicyclic) bond motifs is 1. The number of methoxy groups -OCH3 is 2. The Morgan fingerprint density at radius 3 is 2.34 bits per heavy atom. The largest absolute Gasteiger partial charge is 0.493 e. The minimum atomic E-state index is 0. The standard InChI is InChI=1S/C22H36N4O2.HI/c1-5-9-25-10-6-17(7-11-25)15-24-22(23-2)26-12-8-18-13-20(27-3)21(28-4)14-19(18)16-26;/h13-14,17H,5-12,15-16H2,1-4H3,(H,23,24);1H. The predicted molar refractivity (Wildman–Crippen MR) is 130 cm³/mol. The van der Waals surface area contributed by atoms with Gasteiger partial charge in [0.1, 0.15) is 0 Å². The van der Waals surface area contributed by atoms with Crippen molar-refractivity contribution in [3.8, 4) is 11.5 Å². The molecule has 1 fully saturated rings. The highest BCUT2D eigenvalue weighted by Gasteiger charge is 2.23. The van der Waals surface area contributed by atoms with Gasteiger partial charge < -0.3 is 24.6 Å². The molecule has 29 heavy (non-hydrogen) atoms. The number of aliphatic imine (C=N–C) groups is 1. The lowest BCUT2D eigenvalue weighted by Crippen LogP contribution is -2.46. The normalized spacial score (nSPS) is 18.1. The van der Waals surface area contributed by atoms with E-state index >= 15 is 0 Å². The maximum absolute atomic E-state index is 5.48.